The average Bonchev–Trinajstić information content (AvgIpc) is 2.76. The summed E-state index contributed by atoms with van der Waals surface area (Å²) in [7, 11) is 0. The van der Waals surface area contributed by atoms with Crippen LogP contribution in [0.2, 0.25) is 0 Å². The molecule has 1 heterocycles. The van der Waals surface area contributed by atoms with Crippen LogP contribution in [0.25, 0.3) is 0 Å². The SMILES string of the molecule is OCc1csc(NCc2ccccc2)n1. The average molecular weight is 220 g/mol. The van der Waals surface area contributed by atoms with Gasteiger partial charge in [0.2, 0.25) is 0 Å². The summed E-state index contributed by atoms with van der Waals surface area (Å²) < 4.78 is 0. The van der Waals surface area contributed by atoms with Gasteiger partial charge in [-0.3, -0.25) is 0 Å². The Morgan fingerprint density at radius 3 is 2.73 bits per heavy atom. The Bertz CT molecular complexity index is 414. The minimum absolute atomic E-state index is 0.00349. The predicted octanol–water partition coefficient (Wildman–Crippen LogP) is 2.25. The molecule has 3 nitrogen and oxygen atoms in total. The first kappa shape index (κ1) is 10.1. The number of aliphatic hydroxyl groups is 1. The molecule has 1 aromatic heterocycles. The summed E-state index contributed by atoms with van der Waals surface area (Å²) in [6, 6.07) is 10.1. The zero-order valence-electron chi connectivity index (χ0n) is 8.18. The second kappa shape index (κ2) is 4.91. The normalized spacial score (nSPS) is 10.2. The zero-order valence-corrected chi connectivity index (χ0v) is 9.00. The zero-order chi connectivity index (χ0) is 10.5. The fraction of sp³-hybridized carbons (Fsp3) is 0.182. The molecule has 4 heteroatoms. The summed E-state index contributed by atoms with van der Waals surface area (Å²) in [5, 5.41) is 14.8. The van der Waals surface area contributed by atoms with Crippen molar-refractivity contribution in [3.63, 3.8) is 0 Å². The van der Waals surface area contributed by atoms with Crippen LogP contribution >= 0.6 is 11.3 Å². The first-order chi connectivity index (χ1) is 7.38. The van der Waals surface area contributed by atoms with E-state index in [2.05, 4.69) is 22.4 Å². The van der Waals surface area contributed by atoms with Gasteiger partial charge in [-0.1, -0.05) is 30.3 Å². The van der Waals surface area contributed by atoms with E-state index in [9.17, 15) is 0 Å². The molecule has 0 saturated carbocycles. The second-order valence-electron chi connectivity index (χ2n) is 3.14. The number of nitrogens with zero attached hydrogens (tertiary/aromatic N) is 1. The highest BCUT2D eigenvalue weighted by molar-refractivity contribution is 7.13. The number of nitrogens with one attached hydrogen (secondary N) is 1. The Kier molecular flexibility index (Phi) is 3.32. The highest BCUT2D eigenvalue weighted by Gasteiger charge is 1.99. The highest BCUT2D eigenvalue weighted by Crippen LogP contribution is 2.16. The van der Waals surface area contributed by atoms with Crippen molar-refractivity contribution in [2.75, 3.05) is 5.32 Å². The van der Waals surface area contributed by atoms with Gasteiger partial charge in [0, 0.05) is 11.9 Å². The molecular weight excluding hydrogens is 208 g/mol. The Morgan fingerprint density at radius 2 is 2.07 bits per heavy atom. The first-order valence-electron chi connectivity index (χ1n) is 4.71. The monoisotopic (exact) mass is 220 g/mol. The lowest BCUT2D eigenvalue weighted by Crippen LogP contribution is -1.98. The maximum atomic E-state index is 8.85. The van der Waals surface area contributed by atoms with E-state index in [0.717, 1.165) is 17.4 Å². The molecule has 2 rings (SSSR count). The molecule has 0 amide bonds. The van der Waals surface area contributed by atoms with Crippen LogP contribution in [0.5, 0.6) is 0 Å². The number of hydrogen-bond acceptors (Lipinski definition) is 4. The standard InChI is InChI=1S/C11H12N2OS/c14-7-10-8-15-11(13-10)12-6-9-4-2-1-3-5-9/h1-5,8,14H,6-7H2,(H,12,13). The molecule has 0 fully saturated rings. The van der Waals surface area contributed by atoms with E-state index >= 15 is 0 Å². The Balaban J connectivity index is 1.93. The third kappa shape index (κ3) is 2.78. The summed E-state index contributed by atoms with van der Waals surface area (Å²) in [6.45, 7) is 0.767. The number of aromatic nitrogens is 1. The molecule has 78 valence electrons. The van der Waals surface area contributed by atoms with Crippen LogP contribution < -0.4 is 5.32 Å². The molecule has 0 radical (unpaired) electrons. The lowest BCUT2D eigenvalue weighted by molar-refractivity contribution is 0.278. The minimum Gasteiger partial charge on any atom is -0.390 e. The minimum atomic E-state index is 0.00349. The fourth-order valence-electron chi connectivity index (χ4n) is 1.23. The van der Waals surface area contributed by atoms with Gasteiger partial charge in [-0.05, 0) is 5.56 Å². The molecular formula is C11H12N2OS. The van der Waals surface area contributed by atoms with Crippen molar-refractivity contribution in [3.05, 3.63) is 47.0 Å². The van der Waals surface area contributed by atoms with Crippen LogP contribution in [0.1, 0.15) is 11.3 Å². The van der Waals surface area contributed by atoms with Crippen molar-refractivity contribution >= 4 is 16.5 Å². The second-order valence-corrected chi connectivity index (χ2v) is 4.00. The van der Waals surface area contributed by atoms with E-state index in [0.29, 0.717) is 0 Å². The van der Waals surface area contributed by atoms with E-state index in [1.165, 1.54) is 16.9 Å². The number of anilines is 1. The number of aliphatic hydroxyl groups excluding tert-OH is 1. The molecule has 1 aromatic carbocycles. The number of benzene rings is 1. The molecule has 0 saturated heterocycles. The Morgan fingerprint density at radius 1 is 1.27 bits per heavy atom. The first-order valence-corrected chi connectivity index (χ1v) is 5.59. The lowest BCUT2D eigenvalue weighted by atomic mass is 10.2. The van der Waals surface area contributed by atoms with Gasteiger partial charge in [0.1, 0.15) is 0 Å². The lowest BCUT2D eigenvalue weighted by Gasteiger charge is -2.01. The van der Waals surface area contributed by atoms with E-state index in [1.807, 2.05) is 23.6 Å². The summed E-state index contributed by atoms with van der Waals surface area (Å²) >= 11 is 1.51. The van der Waals surface area contributed by atoms with E-state index in [-0.39, 0.29) is 6.61 Å². The predicted molar refractivity (Wildman–Crippen MR) is 61.8 cm³/mol. The largest absolute Gasteiger partial charge is 0.390 e. The maximum Gasteiger partial charge on any atom is 0.183 e. The summed E-state index contributed by atoms with van der Waals surface area (Å²) in [5.74, 6) is 0. The molecule has 0 aliphatic carbocycles. The van der Waals surface area contributed by atoms with E-state index in [4.69, 9.17) is 5.11 Å². The topological polar surface area (TPSA) is 45.1 Å². The molecule has 0 bridgehead atoms. The van der Waals surface area contributed by atoms with Crippen LogP contribution in [0.4, 0.5) is 5.13 Å². The molecule has 2 N–H and O–H groups in total. The molecule has 0 atom stereocenters. The number of thiazole rings is 1. The summed E-state index contributed by atoms with van der Waals surface area (Å²) in [5.41, 5.74) is 1.94. The van der Waals surface area contributed by atoms with Gasteiger partial charge in [-0.25, -0.2) is 4.98 Å². The van der Waals surface area contributed by atoms with Crippen molar-refractivity contribution in [2.24, 2.45) is 0 Å². The molecule has 0 spiro atoms. The van der Waals surface area contributed by atoms with Crippen molar-refractivity contribution in [2.45, 2.75) is 13.2 Å². The van der Waals surface area contributed by atoms with Crippen LogP contribution in [0.15, 0.2) is 35.7 Å². The molecule has 0 unspecified atom stereocenters. The quantitative estimate of drug-likeness (QED) is 0.830. The number of rotatable bonds is 4. The van der Waals surface area contributed by atoms with Crippen molar-refractivity contribution in [3.8, 4) is 0 Å². The smallest absolute Gasteiger partial charge is 0.183 e. The molecule has 0 aliphatic rings. The number of hydrogen-bond donors (Lipinski definition) is 2. The van der Waals surface area contributed by atoms with Gasteiger partial charge >= 0.3 is 0 Å². The summed E-state index contributed by atoms with van der Waals surface area (Å²) in [6.07, 6.45) is 0. The molecule has 15 heavy (non-hydrogen) atoms. The van der Waals surface area contributed by atoms with E-state index in [1.54, 1.807) is 0 Å². The van der Waals surface area contributed by atoms with Gasteiger partial charge in [0.25, 0.3) is 0 Å². The van der Waals surface area contributed by atoms with Crippen molar-refractivity contribution < 1.29 is 5.11 Å². The van der Waals surface area contributed by atoms with Gasteiger partial charge in [-0.15, -0.1) is 11.3 Å². The van der Waals surface area contributed by atoms with E-state index < -0.39 is 0 Å². The Hall–Kier alpha value is -1.39. The van der Waals surface area contributed by atoms with Crippen LogP contribution in [0, 0.1) is 0 Å². The van der Waals surface area contributed by atoms with Gasteiger partial charge in [0.05, 0.1) is 12.3 Å². The van der Waals surface area contributed by atoms with Gasteiger partial charge in [-0.2, -0.15) is 0 Å². The van der Waals surface area contributed by atoms with Crippen molar-refractivity contribution in [1.82, 2.24) is 4.98 Å². The molecule has 2 aromatic rings. The van der Waals surface area contributed by atoms with Gasteiger partial charge < -0.3 is 10.4 Å². The van der Waals surface area contributed by atoms with Crippen LogP contribution in [-0.4, -0.2) is 10.1 Å². The van der Waals surface area contributed by atoms with Crippen molar-refractivity contribution in [1.29, 1.82) is 0 Å². The maximum absolute atomic E-state index is 8.85. The van der Waals surface area contributed by atoms with Crippen LogP contribution in [0.3, 0.4) is 0 Å². The third-order valence-corrected chi connectivity index (χ3v) is 2.85. The fourth-order valence-corrected chi connectivity index (χ4v) is 1.93. The molecule has 0 aliphatic heterocycles. The third-order valence-electron chi connectivity index (χ3n) is 2.00. The highest BCUT2D eigenvalue weighted by atomic mass is 32.1. The van der Waals surface area contributed by atoms with Gasteiger partial charge in [0.15, 0.2) is 5.13 Å². The van der Waals surface area contributed by atoms with Crippen LogP contribution in [-0.2, 0) is 13.2 Å². The summed E-state index contributed by atoms with van der Waals surface area (Å²) in [4.78, 5) is 4.20. The Labute approximate surface area is 92.4 Å².